The molecule has 6 heteroatoms. The maximum Gasteiger partial charge on any atom is 0.247 e. The zero-order chi connectivity index (χ0) is 17.5. The van der Waals surface area contributed by atoms with Crippen LogP contribution < -0.4 is 0 Å². The molecule has 2 atom stereocenters. The fourth-order valence-electron chi connectivity index (χ4n) is 3.84. The Morgan fingerprint density at radius 3 is 2.33 bits per heavy atom. The van der Waals surface area contributed by atoms with Gasteiger partial charge in [-0.3, -0.25) is 14.5 Å². The van der Waals surface area contributed by atoms with Gasteiger partial charge in [0.2, 0.25) is 5.91 Å². The Morgan fingerprint density at radius 2 is 1.75 bits per heavy atom. The lowest BCUT2D eigenvalue weighted by Gasteiger charge is -2.37. The molecular formula is C18H35N3O3. The van der Waals surface area contributed by atoms with Crippen LogP contribution in [-0.4, -0.2) is 86.4 Å². The summed E-state index contributed by atoms with van der Waals surface area (Å²) < 4.78 is 5.81. The molecule has 2 aliphatic rings. The Bertz CT molecular complexity index is 376. The highest BCUT2D eigenvalue weighted by atomic mass is 16.7. The SMILES string of the molecule is CON(C)C(=O)CCN1CCC(CCN2C[C@@H](C)O[C@H](C)C2)CC1. The summed E-state index contributed by atoms with van der Waals surface area (Å²) in [5.41, 5.74) is 0. The standard InChI is InChI=1S/C18H35N3O3/c1-15-13-21(14-16(2)24-15)11-7-17-5-9-20(10-6-17)12-8-18(22)19(3)23-4/h15-17H,5-14H2,1-4H3/t15-,16-/m1/s1. The van der Waals surface area contributed by atoms with E-state index in [-0.39, 0.29) is 5.91 Å². The van der Waals surface area contributed by atoms with Crippen LogP contribution in [0.3, 0.4) is 0 Å². The topological polar surface area (TPSA) is 45.2 Å². The molecular weight excluding hydrogens is 306 g/mol. The summed E-state index contributed by atoms with van der Waals surface area (Å²) in [6.07, 6.45) is 5.06. The highest BCUT2D eigenvalue weighted by molar-refractivity contribution is 5.74. The minimum Gasteiger partial charge on any atom is -0.373 e. The average Bonchev–Trinajstić information content (AvgIpc) is 2.57. The zero-order valence-corrected chi connectivity index (χ0v) is 15.9. The highest BCUT2D eigenvalue weighted by Crippen LogP contribution is 2.22. The molecule has 2 heterocycles. The average molecular weight is 341 g/mol. The van der Waals surface area contributed by atoms with Gasteiger partial charge >= 0.3 is 0 Å². The monoisotopic (exact) mass is 341 g/mol. The molecule has 0 bridgehead atoms. The quantitative estimate of drug-likeness (QED) is 0.658. The van der Waals surface area contributed by atoms with Crippen molar-refractivity contribution < 1.29 is 14.4 Å². The van der Waals surface area contributed by atoms with E-state index in [1.165, 1.54) is 38.0 Å². The smallest absolute Gasteiger partial charge is 0.247 e. The van der Waals surface area contributed by atoms with Crippen molar-refractivity contribution in [3.63, 3.8) is 0 Å². The van der Waals surface area contributed by atoms with E-state index in [4.69, 9.17) is 9.57 Å². The van der Waals surface area contributed by atoms with Crippen LogP contribution in [0.4, 0.5) is 0 Å². The van der Waals surface area contributed by atoms with Crippen molar-refractivity contribution in [3.05, 3.63) is 0 Å². The molecule has 0 aromatic rings. The first-order valence-corrected chi connectivity index (χ1v) is 9.38. The van der Waals surface area contributed by atoms with Crippen molar-refractivity contribution in [2.75, 3.05) is 53.4 Å². The van der Waals surface area contributed by atoms with Crippen LogP contribution in [0.25, 0.3) is 0 Å². The van der Waals surface area contributed by atoms with E-state index in [9.17, 15) is 4.79 Å². The Labute approximate surface area is 147 Å². The second-order valence-corrected chi connectivity index (χ2v) is 7.41. The molecule has 2 rings (SSSR count). The molecule has 0 spiro atoms. The first kappa shape index (κ1) is 19.6. The van der Waals surface area contributed by atoms with Gasteiger partial charge in [0.05, 0.1) is 19.3 Å². The molecule has 0 aliphatic carbocycles. The summed E-state index contributed by atoms with van der Waals surface area (Å²) in [4.78, 5) is 21.7. The largest absolute Gasteiger partial charge is 0.373 e. The number of ether oxygens (including phenoxy) is 1. The first-order chi connectivity index (χ1) is 11.5. The molecule has 0 aromatic heterocycles. The number of hydrogen-bond acceptors (Lipinski definition) is 5. The molecule has 0 aromatic carbocycles. The Kier molecular flexibility index (Phi) is 7.94. The maximum absolute atomic E-state index is 11.8. The molecule has 1 amide bonds. The Balaban J connectivity index is 1.60. The van der Waals surface area contributed by atoms with Crippen molar-refractivity contribution in [1.29, 1.82) is 0 Å². The van der Waals surface area contributed by atoms with Crippen molar-refractivity contribution in [3.8, 4) is 0 Å². The van der Waals surface area contributed by atoms with Gasteiger partial charge in [0.15, 0.2) is 0 Å². The summed E-state index contributed by atoms with van der Waals surface area (Å²) >= 11 is 0. The molecule has 0 saturated carbocycles. The van der Waals surface area contributed by atoms with Gasteiger partial charge < -0.3 is 9.64 Å². The predicted octanol–water partition coefficient (Wildman–Crippen LogP) is 1.61. The van der Waals surface area contributed by atoms with E-state index in [1.54, 1.807) is 7.05 Å². The van der Waals surface area contributed by atoms with Crippen molar-refractivity contribution >= 4 is 5.91 Å². The number of morpholine rings is 1. The van der Waals surface area contributed by atoms with Crippen molar-refractivity contribution in [2.24, 2.45) is 5.92 Å². The van der Waals surface area contributed by atoms with Gasteiger partial charge in [-0.15, -0.1) is 0 Å². The van der Waals surface area contributed by atoms with Gasteiger partial charge in [-0.1, -0.05) is 0 Å². The minimum atomic E-state index is 0.0511. The third-order valence-corrected chi connectivity index (χ3v) is 5.32. The van der Waals surface area contributed by atoms with Crippen molar-refractivity contribution in [2.45, 2.75) is 51.7 Å². The zero-order valence-electron chi connectivity index (χ0n) is 15.9. The number of nitrogens with zero attached hydrogens (tertiary/aromatic N) is 3. The number of carbonyl (C=O) groups excluding carboxylic acids is 1. The molecule has 0 unspecified atom stereocenters. The van der Waals surface area contributed by atoms with E-state index in [1.807, 2.05) is 0 Å². The lowest BCUT2D eigenvalue weighted by molar-refractivity contribution is -0.169. The molecule has 2 aliphatic heterocycles. The van der Waals surface area contributed by atoms with Crippen LogP contribution in [0.5, 0.6) is 0 Å². The summed E-state index contributed by atoms with van der Waals surface area (Å²) in [6, 6.07) is 0. The fourth-order valence-corrected chi connectivity index (χ4v) is 3.84. The van der Waals surface area contributed by atoms with Gasteiger partial charge in [0.25, 0.3) is 0 Å². The van der Waals surface area contributed by atoms with E-state index in [0.717, 1.165) is 38.6 Å². The maximum atomic E-state index is 11.8. The van der Waals surface area contributed by atoms with Crippen LogP contribution in [0.15, 0.2) is 0 Å². The van der Waals surface area contributed by atoms with E-state index >= 15 is 0 Å². The van der Waals surface area contributed by atoms with Crippen LogP contribution in [0.1, 0.15) is 39.5 Å². The van der Waals surface area contributed by atoms with Crippen LogP contribution in [0.2, 0.25) is 0 Å². The molecule has 6 nitrogen and oxygen atoms in total. The second-order valence-electron chi connectivity index (χ2n) is 7.41. The van der Waals surface area contributed by atoms with Gasteiger partial charge in [0.1, 0.15) is 0 Å². The first-order valence-electron chi connectivity index (χ1n) is 9.38. The Morgan fingerprint density at radius 1 is 1.12 bits per heavy atom. The molecule has 2 saturated heterocycles. The summed E-state index contributed by atoms with van der Waals surface area (Å²) in [5, 5.41) is 1.32. The minimum absolute atomic E-state index is 0.0511. The van der Waals surface area contributed by atoms with Crippen LogP contribution >= 0.6 is 0 Å². The molecule has 2 fully saturated rings. The van der Waals surface area contributed by atoms with Gasteiger partial charge in [-0.25, -0.2) is 5.06 Å². The molecule has 24 heavy (non-hydrogen) atoms. The van der Waals surface area contributed by atoms with Gasteiger partial charge in [0, 0.05) is 33.1 Å². The summed E-state index contributed by atoms with van der Waals surface area (Å²) in [6.45, 7) is 10.7. The van der Waals surface area contributed by atoms with Crippen molar-refractivity contribution in [1.82, 2.24) is 14.9 Å². The third kappa shape index (κ3) is 6.31. The molecule has 140 valence electrons. The lowest BCUT2D eigenvalue weighted by atomic mass is 9.93. The van der Waals surface area contributed by atoms with Gasteiger partial charge in [-0.2, -0.15) is 0 Å². The van der Waals surface area contributed by atoms with E-state index in [2.05, 4.69) is 23.6 Å². The lowest BCUT2D eigenvalue weighted by Crippen LogP contribution is -2.46. The number of carbonyl (C=O) groups is 1. The summed E-state index contributed by atoms with van der Waals surface area (Å²) in [5.74, 6) is 0.877. The normalized spacial score (nSPS) is 27.3. The summed E-state index contributed by atoms with van der Waals surface area (Å²) in [7, 11) is 3.20. The van der Waals surface area contributed by atoms with E-state index in [0.29, 0.717) is 18.6 Å². The number of piperidine rings is 1. The highest BCUT2D eigenvalue weighted by Gasteiger charge is 2.24. The Hall–Kier alpha value is -0.690. The molecule has 0 N–H and O–H groups in total. The predicted molar refractivity (Wildman–Crippen MR) is 94.6 cm³/mol. The molecule has 0 radical (unpaired) electrons. The van der Waals surface area contributed by atoms with Crippen LogP contribution in [0, 0.1) is 5.92 Å². The van der Waals surface area contributed by atoms with E-state index < -0.39 is 0 Å². The second kappa shape index (κ2) is 9.70. The number of hydrogen-bond donors (Lipinski definition) is 0. The van der Waals surface area contributed by atoms with Gasteiger partial charge in [-0.05, 0) is 58.7 Å². The number of hydroxylamine groups is 2. The van der Waals surface area contributed by atoms with Crippen LogP contribution in [-0.2, 0) is 14.4 Å². The number of rotatable bonds is 7. The fraction of sp³-hybridized carbons (Fsp3) is 0.944. The third-order valence-electron chi connectivity index (χ3n) is 5.32. The number of likely N-dealkylation sites (tertiary alicyclic amines) is 1. The number of amides is 1.